The van der Waals surface area contributed by atoms with Crippen molar-refractivity contribution in [3.8, 4) is 11.8 Å². The summed E-state index contributed by atoms with van der Waals surface area (Å²) in [6.07, 6.45) is 5.30. The second-order valence-corrected chi connectivity index (χ2v) is 5.24. The molecule has 1 saturated carbocycles. The van der Waals surface area contributed by atoms with Crippen molar-refractivity contribution >= 4 is 11.9 Å². The lowest BCUT2D eigenvalue weighted by atomic mass is 10.2. The summed E-state index contributed by atoms with van der Waals surface area (Å²) in [5, 5.41) is 8.73. The van der Waals surface area contributed by atoms with Crippen molar-refractivity contribution in [1.29, 1.82) is 5.26 Å². The van der Waals surface area contributed by atoms with Crippen LogP contribution in [-0.4, -0.2) is 5.78 Å². The first-order chi connectivity index (χ1) is 10.7. The van der Waals surface area contributed by atoms with Crippen LogP contribution in [0.15, 0.2) is 46.9 Å². The first-order valence-corrected chi connectivity index (χ1v) is 7.18. The third kappa shape index (κ3) is 3.64. The average Bonchev–Trinajstić information content (AvgIpc) is 3.31. The molecule has 1 aromatic carbocycles. The minimum Gasteiger partial charge on any atom is -0.486 e. The summed E-state index contributed by atoms with van der Waals surface area (Å²) >= 11 is 0. The molecule has 2 aromatic rings. The minimum atomic E-state index is 0.173. The van der Waals surface area contributed by atoms with Gasteiger partial charge in [0, 0.05) is 5.92 Å². The van der Waals surface area contributed by atoms with Gasteiger partial charge in [0.05, 0.1) is 11.6 Å². The Hall–Kier alpha value is -2.80. The van der Waals surface area contributed by atoms with E-state index >= 15 is 0 Å². The van der Waals surface area contributed by atoms with Crippen molar-refractivity contribution in [2.45, 2.75) is 19.4 Å². The number of ketones is 1. The van der Waals surface area contributed by atoms with E-state index in [1.165, 1.54) is 0 Å². The van der Waals surface area contributed by atoms with Gasteiger partial charge in [-0.05, 0) is 61.4 Å². The second kappa shape index (κ2) is 6.31. The van der Waals surface area contributed by atoms with Crippen molar-refractivity contribution < 1.29 is 13.9 Å². The zero-order valence-corrected chi connectivity index (χ0v) is 12.0. The molecule has 0 radical (unpaired) electrons. The quantitative estimate of drug-likeness (QED) is 0.761. The number of carbonyl (C=O) groups is 1. The van der Waals surface area contributed by atoms with Gasteiger partial charge in [0.25, 0.3) is 0 Å². The molecule has 0 amide bonds. The Balaban J connectivity index is 1.54. The zero-order valence-electron chi connectivity index (χ0n) is 12.0. The highest BCUT2D eigenvalue weighted by molar-refractivity contribution is 5.96. The fraction of sp³-hybridized carbons (Fsp3) is 0.222. The number of hydrogen-bond acceptors (Lipinski definition) is 4. The zero-order chi connectivity index (χ0) is 15.4. The fourth-order valence-corrected chi connectivity index (χ4v) is 2.01. The number of nitrogens with zero attached hydrogens (tertiary/aromatic N) is 1. The summed E-state index contributed by atoms with van der Waals surface area (Å²) in [5.41, 5.74) is 0.595. The van der Waals surface area contributed by atoms with Crippen molar-refractivity contribution in [1.82, 2.24) is 0 Å². The SMILES string of the molecule is N#Cc1ccc(OCc2ccc(/C=C/C(=O)C3CC3)o2)cc1. The molecular weight excluding hydrogens is 278 g/mol. The normalized spacial score (nSPS) is 14.0. The van der Waals surface area contributed by atoms with Gasteiger partial charge in [-0.15, -0.1) is 0 Å². The van der Waals surface area contributed by atoms with Gasteiger partial charge in [-0.25, -0.2) is 0 Å². The second-order valence-electron chi connectivity index (χ2n) is 5.24. The van der Waals surface area contributed by atoms with Crippen LogP contribution in [-0.2, 0) is 11.4 Å². The van der Waals surface area contributed by atoms with E-state index in [9.17, 15) is 4.79 Å². The number of nitriles is 1. The summed E-state index contributed by atoms with van der Waals surface area (Å²) in [7, 11) is 0. The Morgan fingerprint density at radius 2 is 2.05 bits per heavy atom. The molecule has 1 aromatic heterocycles. The molecule has 1 fully saturated rings. The molecule has 1 heterocycles. The van der Waals surface area contributed by atoms with Gasteiger partial charge in [-0.3, -0.25) is 4.79 Å². The Labute approximate surface area is 128 Å². The molecule has 1 aliphatic carbocycles. The highest BCUT2D eigenvalue weighted by Crippen LogP contribution is 2.30. The Bertz CT molecular complexity index is 730. The summed E-state index contributed by atoms with van der Waals surface area (Å²) < 4.78 is 11.2. The Morgan fingerprint density at radius 3 is 2.73 bits per heavy atom. The van der Waals surface area contributed by atoms with E-state index in [2.05, 4.69) is 6.07 Å². The van der Waals surface area contributed by atoms with Crippen molar-refractivity contribution in [2.75, 3.05) is 0 Å². The molecule has 22 heavy (non-hydrogen) atoms. The molecule has 0 atom stereocenters. The van der Waals surface area contributed by atoms with Crippen LogP contribution in [0.1, 0.15) is 29.9 Å². The smallest absolute Gasteiger partial charge is 0.158 e. The molecule has 0 spiro atoms. The van der Waals surface area contributed by atoms with Gasteiger partial charge >= 0.3 is 0 Å². The summed E-state index contributed by atoms with van der Waals surface area (Å²) in [6, 6.07) is 12.6. The predicted molar refractivity (Wildman–Crippen MR) is 81.0 cm³/mol. The van der Waals surface area contributed by atoms with E-state index in [4.69, 9.17) is 14.4 Å². The third-order valence-corrected chi connectivity index (χ3v) is 3.44. The molecule has 110 valence electrons. The van der Waals surface area contributed by atoms with E-state index in [0.717, 1.165) is 12.8 Å². The van der Waals surface area contributed by atoms with E-state index < -0.39 is 0 Å². The van der Waals surface area contributed by atoms with E-state index in [0.29, 0.717) is 29.4 Å². The van der Waals surface area contributed by atoms with Gasteiger partial charge < -0.3 is 9.15 Å². The Morgan fingerprint density at radius 1 is 1.27 bits per heavy atom. The molecule has 0 bridgehead atoms. The van der Waals surface area contributed by atoms with Crippen molar-refractivity contribution in [3.63, 3.8) is 0 Å². The van der Waals surface area contributed by atoms with Crippen LogP contribution >= 0.6 is 0 Å². The van der Waals surface area contributed by atoms with Crippen molar-refractivity contribution in [2.24, 2.45) is 5.92 Å². The molecule has 0 saturated heterocycles. The van der Waals surface area contributed by atoms with Gasteiger partial charge in [0.2, 0.25) is 0 Å². The van der Waals surface area contributed by atoms with Crippen LogP contribution < -0.4 is 4.74 Å². The van der Waals surface area contributed by atoms with E-state index in [1.807, 2.05) is 12.1 Å². The van der Waals surface area contributed by atoms with Crippen LogP contribution in [0.3, 0.4) is 0 Å². The lowest BCUT2D eigenvalue weighted by Crippen LogP contribution is -1.93. The lowest BCUT2D eigenvalue weighted by Gasteiger charge is -2.03. The predicted octanol–water partition coefficient (Wildman–Crippen LogP) is 3.72. The number of allylic oxidation sites excluding steroid dienone is 1. The van der Waals surface area contributed by atoms with Gasteiger partial charge in [0.1, 0.15) is 23.9 Å². The van der Waals surface area contributed by atoms with Gasteiger partial charge in [-0.1, -0.05) is 0 Å². The molecule has 0 unspecified atom stereocenters. The number of furan rings is 1. The number of hydrogen-bond donors (Lipinski definition) is 0. The molecular formula is C18H15NO3. The highest BCUT2D eigenvalue weighted by Gasteiger charge is 2.27. The first-order valence-electron chi connectivity index (χ1n) is 7.18. The molecule has 0 aliphatic heterocycles. The lowest BCUT2D eigenvalue weighted by molar-refractivity contribution is -0.115. The summed E-state index contributed by atoms with van der Waals surface area (Å²) in [6.45, 7) is 0.302. The number of carbonyl (C=O) groups excluding carboxylic acids is 1. The molecule has 1 aliphatic rings. The topological polar surface area (TPSA) is 63.2 Å². The van der Waals surface area contributed by atoms with E-state index in [-0.39, 0.29) is 11.7 Å². The molecule has 4 nitrogen and oxygen atoms in total. The van der Waals surface area contributed by atoms with E-state index in [1.54, 1.807) is 36.4 Å². The number of benzene rings is 1. The Kier molecular flexibility index (Phi) is 4.06. The van der Waals surface area contributed by atoms with Crippen LogP contribution in [0.25, 0.3) is 6.08 Å². The highest BCUT2D eigenvalue weighted by atomic mass is 16.5. The monoisotopic (exact) mass is 293 g/mol. The van der Waals surface area contributed by atoms with Crippen LogP contribution in [0, 0.1) is 17.2 Å². The number of ether oxygens (including phenoxy) is 1. The van der Waals surface area contributed by atoms with Gasteiger partial charge in [0.15, 0.2) is 5.78 Å². The van der Waals surface area contributed by atoms with Crippen LogP contribution in [0.2, 0.25) is 0 Å². The number of rotatable bonds is 6. The average molecular weight is 293 g/mol. The summed E-state index contributed by atoms with van der Waals surface area (Å²) in [4.78, 5) is 11.6. The molecule has 4 heteroatoms. The fourth-order valence-electron chi connectivity index (χ4n) is 2.01. The standard InChI is InChI=1S/C18H15NO3/c19-11-13-1-5-15(6-2-13)21-12-17-8-7-16(22-17)9-10-18(20)14-3-4-14/h1-2,5-10,14H,3-4,12H2/b10-9+. The maximum Gasteiger partial charge on any atom is 0.158 e. The van der Waals surface area contributed by atoms with Crippen LogP contribution in [0.5, 0.6) is 5.75 Å². The third-order valence-electron chi connectivity index (χ3n) is 3.44. The van der Waals surface area contributed by atoms with Crippen molar-refractivity contribution in [3.05, 3.63) is 59.6 Å². The minimum absolute atomic E-state index is 0.173. The molecule has 3 rings (SSSR count). The maximum absolute atomic E-state index is 11.6. The summed E-state index contributed by atoms with van der Waals surface area (Å²) in [5.74, 6) is 2.41. The maximum atomic E-state index is 11.6. The largest absolute Gasteiger partial charge is 0.486 e. The van der Waals surface area contributed by atoms with Gasteiger partial charge in [-0.2, -0.15) is 5.26 Å². The first kappa shape index (κ1) is 14.2. The van der Waals surface area contributed by atoms with Crippen LogP contribution in [0.4, 0.5) is 0 Å². The molecule has 0 N–H and O–H groups in total.